The Kier molecular flexibility index (Phi) is 7.14. The summed E-state index contributed by atoms with van der Waals surface area (Å²) >= 11 is 6.24. The summed E-state index contributed by atoms with van der Waals surface area (Å²) < 4.78 is 24.1. The van der Waals surface area contributed by atoms with E-state index in [1.54, 1.807) is 66.6 Å². The van der Waals surface area contributed by atoms with Crippen molar-refractivity contribution in [2.45, 2.75) is 12.0 Å². The van der Waals surface area contributed by atoms with Crippen molar-refractivity contribution in [1.29, 1.82) is 0 Å². The minimum absolute atomic E-state index is 0.210. The molecule has 1 N–H and O–H groups in total. The fraction of sp³-hybridized carbons (Fsp3) is 0.231. The normalized spacial score (nSPS) is 17.3. The number of fused-ring (bicyclic) bond motifs is 1. The molecule has 0 radical (unpaired) electrons. The maximum Gasteiger partial charge on any atom is 0.254 e. The summed E-state index contributed by atoms with van der Waals surface area (Å²) in [5.74, 6) is -1.19. The number of hydrogen-bond acceptors (Lipinski definition) is 4. The van der Waals surface area contributed by atoms with Crippen molar-refractivity contribution in [1.82, 2.24) is 4.90 Å². The van der Waals surface area contributed by atoms with Crippen molar-refractivity contribution in [2.75, 3.05) is 32.7 Å². The predicted octanol–water partition coefficient (Wildman–Crippen LogP) is 5.05. The molecule has 0 saturated heterocycles. The molecule has 1 aliphatic heterocycles. The van der Waals surface area contributed by atoms with Gasteiger partial charge in [-0.15, -0.1) is 0 Å². The quantitative estimate of drug-likeness (QED) is 0.511. The first kappa shape index (κ1) is 23.7. The minimum atomic E-state index is -0.753. The molecule has 0 bridgehead atoms. The Morgan fingerprint density at radius 3 is 2.50 bits per heavy atom. The summed E-state index contributed by atoms with van der Waals surface area (Å²) in [6.45, 7) is 0.553. The van der Waals surface area contributed by atoms with Gasteiger partial charge in [-0.1, -0.05) is 41.9 Å². The van der Waals surface area contributed by atoms with Crippen LogP contribution in [0.3, 0.4) is 0 Å². The van der Waals surface area contributed by atoms with E-state index >= 15 is 0 Å². The molecule has 8 heteroatoms. The number of nitrogens with zero attached hydrogens (tertiary/aromatic N) is 1. The molecule has 176 valence electrons. The molecule has 2 atom stereocenters. The first-order chi connectivity index (χ1) is 16.4. The van der Waals surface area contributed by atoms with E-state index in [9.17, 15) is 14.0 Å². The fourth-order valence-corrected chi connectivity index (χ4v) is 4.56. The summed E-state index contributed by atoms with van der Waals surface area (Å²) in [6.07, 6.45) is 0. The molecule has 0 spiro atoms. The summed E-state index contributed by atoms with van der Waals surface area (Å²) in [6, 6.07) is 17.2. The topological polar surface area (TPSA) is 67.9 Å². The second-order valence-corrected chi connectivity index (χ2v) is 8.30. The number of methoxy groups -OCH3 is 2. The molecular weight excluding hydrogens is 459 g/mol. The van der Waals surface area contributed by atoms with Gasteiger partial charge in [-0.3, -0.25) is 9.59 Å². The number of rotatable bonds is 7. The lowest BCUT2D eigenvalue weighted by atomic mass is 9.79. The van der Waals surface area contributed by atoms with E-state index in [1.807, 2.05) is 0 Å². The summed E-state index contributed by atoms with van der Waals surface area (Å²) in [5.41, 5.74) is 2.19. The molecule has 1 heterocycles. The number of hydrogen-bond donors (Lipinski definition) is 1. The smallest absolute Gasteiger partial charge is 0.254 e. The predicted molar refractivity (Wildman–Crippen MR) is 128 cm³/mol. The van der Waals surface area contributed by atoms with Gasteiger partial charge in [-0.05, 0) is 47.5 Å². The second-order valence-electron chi connectivity index (χ2n) is 7.89. The van der Waals surface area contributed by atoms with E-state index in [2.05, 4.69) is 5.32 Å². The van der Waals surface area contributed by atoms with Crippen LogP contribution in [0.25, 0.3) is 0 Å². The van der Waals surface area contributed by atoms with E-state index in [4.69, 9.17) is 21.1 Å². The SMILES string of the molecule is COCCN1C(=O)c2ccccc2[C@H](C(=O)Nc2ccc(OC)c(Cl)c2)[C@H]1c1ccc(F)cc1. The van der Waals surface area contributed by atoms with Crippen LogP contribution in [0.4, 0.5) is 10.1 Å². The maximum absolute atomic E-state index is 13.7. The van der Waals surface area contributed by atoms with Gasteiger partial charge in [0.05, 0.1) is 30.7 Å². The molecule has 0 aromatic heterocycles. The summed E-state index contributed by atoms with van der Waals surface area (Å²) in [7, 11) is 3.06. The maximum atomic E-state index is 13.7. The lowest BCUT2D eigenvalue weighted by molar-refractivity contribution is -0.119. The number of benzene rings is 3. The van der Waals surface area contributed by atoms with Crippen LogP contribution in [-0.2, 0) is 9.53 Å². The lowest BCUT2D eigenvalue weighted by Gasteiger charge is -2.41. The molecule has 2 amide bonds. The van der Waals surface area contributed by atoms with Crippen molar-refractivity contribution < 1.29 is 23.5 Å². The van der Waals surface area contributed by atoms with Crippen molar-refractivity contribution in [3.05, 3.63) is 94.3 Å². The summed E-state index contributed by atoms with van der Waals surface area (Å²) in [4.78, 5) is 28.8. The molecule has 34 heavy (non-hydrogen) atoms. The monoisotopic (exact) mass is 482 g/mol. The van der Waals surface area contributed by atoms with Crippen molar-refractivity contribution >= 4 is 29.1 Å². The third kappa shape index (κ3) is 4.62. The summed E-state index contributed by atoms with van der Waals surface area (Å²) in [5, 5.41) is 3.28. The number of carbonyl (C=O) groups excluding carboxylic acids is 2. The van der Waals surface area contributed by atoms with Crippen molar-refractivity contribution in [2.24, 2.45) is 0 Å². The number of nitrogens with one attached hydrogen (secondary N) is 1. The molecule has 6 nitrogen and oxygen atoms in total. The van der Waals surface area contributed by atoms with Crippen LogP contribution in [0, 0.1) is 5.82 Å². The minimum Gasteiger partial charge on any atom is -0.495 e. The second kappa shape index (κ2) is 10.2. The Morgan fingerprint density at radius 1 is 1.09 bits per heavy atom. The highest BCUT2D eigenvalue weighted by atomic mass is 35.5. The molecule has 0 saturated carbocycles. The zero-order chi connectivity index (χ0) is 24.2. The zero-order valence-electron chi connectivity index (χ0n) is 18.8. The Hall–Kier alpha value is -3.42. The largest absolute Gasteiger partial charge is 0.495 e. The van der Waals surface area contributed by atoms with Crippen LogP contribution in [0.1, 0.15) is 33.4 Å². The van der Waals surface area contributed by atoms with Crippen molar-refractivity contribution in [3.63, 3.8) is 0 Å². The Morgan fingerprint density at radius 2 is 1.82 bits per heavy atom. The highest BCUT2D eigenvalue weighted by Gasteiger charge is 2.44. The van der Waals surface area contributed by atoms with Crippen LogP contribution in [0.2, 0.25) is 5.02 Å². The lowest BCUT2D eigenvalue weighted by Crippen LogP contribution is -2.47. The van der Waals surface area contributed by atoms with Gasteiger partial charge in [0.25, 0.3) is 5.91 Å². The number of anilines is 1. The average molecular weight is 483 g/mol. The van der Waals surface area contributed by atoms with E-state index < -0.39 is 17.8 Å². The van der Waals surface area contributed by atoms with Gasteiger partial charge in [0, 0.05) is 24.9 Å². The Balaban J connectivity index is 1.80. The molecule has 3 aromatic carbocycles. The standard InChI is InChI=1S/C26H24ClFN2O4/c1-33-14-13-30-24(16-7-9-17(28)10-8-16)23(19-5-3-4-6-20(19)26(30)32)25(31)29-18-11-12-22(34-2)21(27)15-18/h3-12,15,23-24H,13-14H2,1-2H3,(H,29,31)/t23-,24+/m0/s1. The molecule has 3 aromatic rings. The third-order valence-electron chi connectivity index (χ3n) is 5.89. The van der Waals surface area contributed by atoms with Crippen LogP contribution < -0.4 is 10.1 Å². The molecule has 0 fully saturated rings. The fourth-order valence-electron chi connectivity index (χ4n) is 4.31. The van der Waals surface area contributed by atoms with E-state index in [1.165, 1.54) is 19.2 Å². The third-order valence-corrected chi connectivity index (χ3v) is 6.18. The number of amides is 2. The first-order valence-electron chi connectivity index (χ1n) is 10.7. The average Bonchev–Trinajstić information content (AvgIpc) is 2.84. The molecule has 0 aliphatic carbocycles. The van der Waals surface area contributed by atoms with Gasteiger partial charge in [0.2, 0.25) is 5.91 Å². The Bertz CT molecular complexity index is 1200. The van der Waals surface area contributed by atoms with E-state index in [0.29, 0.717) is 33.1 Å². The van der Waals surface area contributed by atoms with Crippen molar-refractivity contribution in [3.8, 4) is 5.75 Å². The number of halogens is 2. The highest BCUT2D eigenvalue weighted by molar-refractivity contribution is 6.32. The van der Waals surface area contributed by atoms with Crippen LogP contribution >= 0.6 is 11.6 Å². The van der Waals surface area contributed by atoms with Crippen LogP contribution in [0.5, 0.6) is 5.75 Å². The van der Waals surface area contributed by atoms with E-state index in [0.717, 1.165) is 0 Å². The van der Waals surface area contributed by atoms with Gasteiger partial charge in [-0.25, -0.2) is 4.39 Å². The molecule has 0 unspecified atom stereocenters. The van der Waals surface area contributed by atoms with Gasteiger partial charge in [0.1, 0.15) is 11.6 Å². The zero-order valence-corrected chi connectivity index (χ0v) is 19.5. The van der Waals surface area contributed by atoms with Gasteiger partial charge in [-0.2, -0.15) is 0 Å². The van der Waals surface area contributed by atoms with Crippen LogP contribution in [-0.4, -0.2) is 44.1 Å². The van der Waals surface area contributed by atoms with Crippen LogP contribution in [0.15, 0.2) is 66.7 Å². The molecule has 4 rings (SSSR count). The van der Waals surface area contributed by atoms with Gasteiger partial charge >= 0.3 is 0 Å². The van der Waals surface area contributed by atoms with Gasteiger partial charge < -0.3 is 19.7 Å². The first-order valence-corrected chi connectivity index (χ1v) is 11.1. The highest BCUT2D eigenvalue weighted by Crippen LogP contribution is 2.43. The van der Waals surface area contributed by atoms with Gasteiger partial charge in [0.15, 0.2) is 0 Å². The molecular formula is C26H24ClFN2O4. The number of carbonyl (C=O) groups is 2. The van der Waals surface area contributed by atoms with E-state index in [-0.39, 0.29) is 25.0 Å². The number of ether oxygens (including phenoxy) is 2. The Labute approximate surface area is 202 Å². The molecule has 1 aliphatic rings.